The zero-order valence-electron chi connectivity index (χ0n) is 13.6. The number of hydrogen-bond acceptors (Lipinski definition) is 4. The second kappa shape index (κ2) is 6.73. The van der Waals surface area contributed by atoms with Gasteiger partial charge in [-0.2, -0.15) is 14.3 Å². The highest BCUT2D eigenvalue weighted by Crippen LogP contribution is 2.25. The molecule has 0 fully saturated rings. The molecule has 0 N–H and O–H groups in total. The maximum atomic E-state index is 12.5. The van der Waals surface area contributed by atoms with Gasteiger partial charge in [0.15, 0.2) is 5.65 Å². The van der Waals surface area contributed by atoms with Gasteiger partial charge in [-0.3, -0.25) is 0 Å². The summed E-state index contributed by atoms with van der Waals surface area (Å²) < 4.78 is 2.77. The second-order valence-corrected chi connectivity index (χ2v) is 5.72. The van der Waals surface area contributed by atoms with Crippen LogP contribution < -0.4 is 5.69 Å². The summed E-state index contributed by atoms with van der Waals surface area (Å²) in [6, 6.07) is 9.85. The number of benzene rings is 1. The lowest BCUT2D eigenvalue weighted by Gasteiger charge is -2.03. The molecule has 0 aliphatic carbocycles. The van der Waals surface area contributed by atoms with Gasteiger partial charge in [0.25, 0.3) is 0 Å². The number of fused-ring (bicyclic) bond motifs is 1. The van der Waals surface area contributed by atoms with Crippen molar-refractivity contribution in [1.29, 1.82) is 0 Å². The monoisotopic (exact) mass is 311 g/mol. The number of aryl methyl sites for hydroxylation is 2. The topological polar surface area (TPSA) is 65.1 Å². The van der Waals surface area contributed by atoms with Gasteiger partial charge in [-0.05, 0) is 18.9 Å². The predicted octanol–water partition coefficient (Wildman–Crippen LogP) is 2.84. The highest BCUT2D eigenvalue weighted by Gasteiger charge is 2.16. The highest BCUT2D eigenvalue weighted by atomic mass is 16.2. The first-order valence-electron chi connectivity index (χ1n) is 8.11. The van der Waals surface area contributed by atoms with Crippen LogP contribution in [-0.2, 0) is 6.54 Å². The quantitative estimate of drug-likeness (QED) is 0.657. The van der Waals surface area contributed by atoms with E-state index in [4.69, 9.17) is 0 Å². The molecule has 0 aliphatic heterocycles. The largest absolute Gasteiger partial charge is 0.368 e. The lowest BCUT2D eigenvalue weighted by molar-refractivity contribution is 0.473. The van der Waals surface area contributed by atoms with E-state index in [0.29, 0.717) is 12.2 Å². The first-order chi connectivity index (χ1) is 11.2. The summed E-state index contributed by atoms with van der Waals surface area (Å²) in [4.78, 5) is 12.5. The maximum absolute atomic E-state index is 12.5. The van der Waals surface area contributed by atoms with Crippen molar-refractivity contribution in [3.63, 3.8) is 0 Å². The van der Waals surface area contributed by atoms with Gasteiger partial charge in [0, 0.05) is 6.54 Å². The van der Waals surface area contributed by atoms with Gasteiger partial charge >= 0.3 is 5.69 Å². The van der Waals surface area contributed by atoms with Gasteiger partial charge < -0.3 is 0 Å². The molecular formula is C17H21N5O. The molecule has 23 heavy (non-hydrogen) atoms. The fourth-order valence-corrected chi connectivity index (χ4v) is 2.76. The number of rotatable bonds is 6. The Bertz CT molecular complexity index is 851. The summed E-state index contributed by atoms with van der Waals surface area (Å²) >= 11 is 0. The molecule has 0 bridgehead atoms. The molecule has 0 unspecified atom stereocenters. The van der Waals surface area contributed by atoms with E-state index in [0.717, 1.165) is 29.7 Å². The van der Waals surface area contributed by atoms with E-state index >= 15 is 0 Å². The molecule has 0 amide bonds. The van der Waals surface area contributed by atoms with Crippen molar-refractivity contribution in [2.45, 2.75) is 46.1 Å². The van der Waals surface area contributed by atoms with Crippen molar-refractivity contribution in [2.75, 3.05) is 0 Å². The first kappa shape index (κ1) is 15.4. The number of unbranched alkanes of at least 4 members (excludes halogenated alkanes) is 3. The van der Waals surface area contributed by atoms with E-state index in [9.17, 15) is 4.79 Å². The number of aromatic nitrogens is 5. The Morgan fingerprint density at radius 2 is 1.87 bits per heavy atom. The predicted molar refractivity (Wildman–Crippen MR) is 89.4 cm³/mol. The van der Waals surface area contributed by atoms with Crippen LogP contribution in [0.5, 0.6) is 0 Å². The summed E-state index contributed by atoms with van der Waals surface area (Å²) in [7, 11) is 0. The molecule has 0 spiro atoms. The normalized spacial score (nSPS) is 11.2. The van der Waals surface area contributed by atoms with Gasteiger partial charge in [-0.25, -0.2) is 4.79 Å². The molecule has 0 saturated carbocycles. The van der Waals surface area contributed by atoms with Gasteiger partial charge in [-0.15, -0.1) is 5.10 Å². The molecule has 2 aromatic heterocycles. The highest BCUT2D eigenvalue weighted by molar-refractivity contribution is 5.79. The molecular weight excluding hydrogens is 290 g/mol. The van der Waals surface area contributed by atoms with Crippen LogP contribution >= 0.6 is 0 Å². The van der Waals surface area contributed by atoms with E-state index in [1.54, 1.807) is 0 Å². The zero-order valence-corrected chi connectivity index (χ0v) is 13.6. The van der Waals surface area contributed by atoms with Crippen LogP contribution in [0.3, 0.4) is 0 Å². The van der Waals surface area contributed by atoms with Gasteiger partial charge in [0.1, 0.15) is 0 Å². The molecule has 0 saturated heterocycles. The van der Waals surface area contributed by atoms with Crippen molar-refractivity contribution >= 4 is 5.65 Å². The summed E-state index contributed by atoms with van der Waals surface area (Å²) in [6.45, 7) is 4.64. The molecule has 120 valence electrons. The number of nitrogens with zero attached hydrogens (tertiary/aromatic N) is 5. The lowest BCUT2D eigenvalue weighted by atomic mass is 10.1. The average Bonchev–Trinajstić information content (AvgIpc) is 2.91. The van der Waals surface area contributed by atoms with Gasteiger partial charge in [-0.1, -0.05) is 61.7 Å². The molecule has 6 nitrogen and oxygen atoms in total. The van der Waals surface area contributed by atoms with E-state index in [1.165, 1.54) is 22.0 Å². The molecule has 6 heteroatoms. The molecule has 0 atom stereocenters. The third kappa shape index (κ3) is 3.02. The van der Waals surface area contributed by atoms with E-state index in [1.807, 2.05) is 37.3 Å². The smallest absolute Gasteiger partial charge is 0.244 e. The molecule has 0 radical (unpaired) electrons. The summed E-state index contributed by atoms with van der Waals surface area (Å²) in [5.41, 5.74) is 2.94. The minimum atomic E-state index is -0.225. The third-order valence-electron chi connectivity index (χ3n) is 3.97. The van der Waals surface area contributed by atoms with Crippen LogP contribution in [0.25, 0.3) is 16.8 Å². The number of hydrogen-bond donors (Lipinski definition) is 0. The van der Waals surface area contributed by atoms with E-state index in [2.05, 4.69) is 22.3 Å². The Balaban J connectivity index is 1.99. The molecule has 2 heterocycles. The Kier molecular flexibility index (Phi) is 4.50. The lowest BCUT2D eigenvalue weighted by Crippen LogP contribution is -2.30. The average molecular weight is 311 g/mol. The van der Waals surface area contributed by atoms with Crippen LogP contribution in [0, 0.1) is 6.92 Å². The van der Waals surface area contributed by atoms with Crippen molar-refractivity contribution in [3.8, 4) is 11.1 Å². The maximum Gasteiger partial charge on any atom is 0.368 e. The molecule has 3 rings (SSSR count). The van der Waals surface area contributed by atoms with Crippen LogP contribution in [0.2, 0.25) is 0 Å². The zero-order chi connectivity index (χ0) is 16.2. The van der Waals surface area contributed by atoms with Gasteiger partial charge in [0.05, 0.1) is 11.3 Å². The summed E-state index contributed by atoms with van der Waals surface area (Å²) in [5, 5.41) is 12.7. The molecule has 3 aromatic rings. The Morgan fingerprint density at radius 3 is 2.61 bits per heavy atom. The summed E-state index contributed by atoms with van der Waals surface area (Å²) in [6.07, 6.45) is 4.36. The SMILES string of the molecule is CCCCCCn1nnc2c(-c3ccccc3)c(C)nn2c1=O. The standard InChI is InChI=1S/C17H21N5O/c1-3-4-5-9-12-21-17(23)22-16(18-20-21)15(13(2)19-22)14-10-7-6-8-11-14/h6-8,10-11H,3-5,9,12H2,1-2H3. The molecule has 0 aliphatic rings. The van der Waals surface area contributed by atoms with Crippen molar-refractivity contribution in [2.24, 2.45) is 0 Å². The van der Waals surface area contributed by atoms with Crippen molar-refractivity contribution in [3.05, 3.63) is 46.5 Å². The van der Waals surface area contributed by atoms with Crippen LogP contribution in [0.15, 0.2) is 35.1 Å². The fourth-order valence-electron chi connectivity index (χ4n) is 2.76. The Hall–Kier alpha value is -2.50. The van der Waals surface area contributed by atoms with E-state index < -0.39 is 0 Å². The van der Waals surface area contributed by atoms with Gasteiger partial charge in [0.2, 0.25) is 0 Å². The van der Waals surface area contributed by atoms with Crippen LogP contribution in [0.1, 0.15) is 38.3 Å². The third-order valence-corrected chi connectivity index (χ3v) is 3.97. The second-order valence-electron chi connectivity index (χ2n) is 5.72. The fraction of sp³-hybridized carbons (Fsp3) is 0.412. The van der Waals surface area contributed by atoms with Crippen molar-refractivity contribution < 1.29 is 0 Å². The van der Waals surface area contributed by atoms with Crippen LogP contribution in [0.4, 0.5) is 0 Å². The Labute approximate surface area is 134 Å². The first-order valence-corrected chi connectivity index (χ1v) is 8.11. The van der Waals surface area contributed by atoms with Crippen LogP contribution in [-0.4, -0.2) is 24.6 Å². The Morgan fingerprint density at radius 1 is 1.09 bits per heavy atom. The van der Waals surface area contributed by atoms with E-state index in [-0.39, 0.29) is 5.69 Å². The summed E-state index contributed by atoms with van der Waals surface area (Å²) in [5.74, 6) is 0. The minimum absolute atomic E-state index is 0.225. The van der Waals surface area contributed by atoms with Crippen molar-refractivity contribution in [1.82, 2.24) is 24.6 Å². The molecule has 1 aromatic carbocycles. The minimum Gasteiger partial charge on any atom is -0.244 e.